The van der Waals surface area contributed by atoms with Crippen LogP contribution < -0.4 is 10.5 Å². The molecular weight excluding hydrogens is 270 g/mol. The summed E-state index contributed by atoms with van der Waals surface area (Å²) in [6.07, 6.45) is 3.49. The fourth-order valence-electron chi connectivity index (χ4n) is 2.46. The Bertz CT molecular complexity index is 740. The number of nitriles is 1. The molecule has 5 heteroatoms. The average Bonchev–Trinajstić information content (AvgIpc) is 2.73. The second kappa shape index (κ2) is 4.66. The third-order valence-electron chi connectivity index (χ3n) is 3.58. The first kappa shape index (κ1) is 12.7. The Kier molecular flexibility index (Phi) is 2.96. The number of nitrogens with two attached hydrogens (primary N) is 1. The van der Waals surface area contributed by atoms with Gasteiger partial charge in [0.25, 0.3) is 0 Å². The molecule has 20 heavy (non-hydrogen) atoms. The maximum atomic E-state index is 9.43. The Morgan fingerprint density at radius 2 is 2.25 bits per heavy atom. The zero-order valence-corrected chi connectivity index (χ0v) is 12.0. The summed E-state index contributed by atoms with van der Waals surface area (Å²) in [4.78, 5) is 5.33. The van der Waals surface area contributed by atoms with Crippen molar-refractivity contribution < 1.29 is 4.74 Å². The zero-order valence-electron chi connectivity index (χ0n) is 11.2. The zero-order chi connectivity index (χ0) is 14.3. The fourth-order valence-corrected chi connectivity index (χ4v) is 3.52. The quantitative estimate of drug-likeness (QED) is 0.873. The molecule has 2 N–H and O–H groups in total. The van der Waals surface area contributed by atoms with Crippen LogP contribution in [0.5, 0.6) is 5.06 Å². The van der Waals surface area contributed by atoms with Crippen LogP contribution in [-0.2, 0) is 0 Å². The lowest BCUT2D eigenvalue weighted by Gasteiger charge is -2.24. The molecule has 3 heterocycles. The maximum Gasteiger partial charge on any atom is 0.206 e. The number of rotatable bonds is 1. The van der Waals surface area contributed by atoms with E-state index in [0.717, 1.165) is 21.8 Å². The second-order valence-corrected chi connectivity index (χ2v) is 5.88. The lowest BCUT2D eigenvalue weighted by molar-refractivity contribution is 0.405. The van der Waals surface area contributed by atoms with Gasteiger partial charge in [-0.1, -0.05) is 6.07 Å². The van der Waals surface area contributed by atoms with E-state index in [9.17, 15) is 5.26 Å². The number of ether oxygens (including phenoxy) is 1. The summed E-state index contributed by atoms with van der Waals surface area (Å²) in [5, 5.41) is 10.2. The Morgan fingerprint density at radius 1 is 1.45 bits per heavy atom. The van der Waals surface area contributed by atoms with Crippen molar-refractivity contribution >= 4 is 11.3 Å². The number of fused-ring (bicyclic) bond motifs is 1. The van der Waals surface area contributed by atoms with E-state index in [1.165, 1.54) is 4.88 Å². The molecule has 0 amide bonds. The first-order valence-electron chi connectivity index (χ1n) is 6.21. The lowest BCUT2D eigenvalue weighted by atomic mass is 9.84. The Labute approximate surface area is 121 Å². The van der Waals surface area contributed by atoms with Crippen LogP contribution in [0.3, 0.4) is 0 Å². The third-order valence-corrected chi connectivity index (χ3v) is 4.68. The predicted octanol–water partition coefficient (Wildman–Crippen LogP) is 2.98. The van der Waals surface area contributed by atoms with Crippen molar-refractivity contribution in [1.82, 2.24) is 4.98 Å². The number of hydrogen-bond acceptors (Lipinski definition) is 5. The molecule has 0 spiro atoms. The molecule has 0 saturated carbocycles. The molecule has 0 aromatic carbocycles. The summed E-state index contributed by atoms with van der Waals surface area (Å²) < 4.78 is 5.62. The molecule has 100 valence electrons. The number of allylic oxidation sites excluding steroid dienone is 1. The van der Waals surface area contributed by atoms with E-state index in [0.29, 0.717) is 5.57 Å². The highest BCUT2D eigenvalue weighted by Gasteiger charge is 2.34. The molecule has 0 fully saturated rings. The van der Waals surface area contributed by atoms with Crippen LogP contribution in [0.25, 0.3) is 0 Å². The third kappa shape index (κ3) is 1.77. The van der Waals surface area contributed by atoms with Gasteiger partial charge in [0.2, 0.25) is 5.88 Å². The highest BCUT2D eigenvalue weighted by molar-refractivity contribution is 7.14. The first-order valence-corrected chi connectivity index (χ1v) is 7.02. The topological polar surface area (TPSA) is 71.9 Å². The number of nitrogens with zero attached hydrogens (tertiary/aromatic N) is 2. The van der Waals surface area contributed by atoms with Gasteiger partial charge in [-0.15, -0.1) is 11.3 Å². The van der Waals surface area contributed by atoms with Gasteiger partial charge in [-0.3, -0.25) is 4.98 Å². The predicted molar refractivity (Wildman–Crippen MR) is 77.3 cm³/mol. The molecule has 3 rings (SSSR count). The molecule has 1 aliphatic rings. The van der Waals surface area contributed by atoms with Crippen molar-refractivity contribution in [1.29, 1.82) is 5.26 Å². The van der Waals surface area contributed by atoms with Gasteiger partial charge in [0, 0.05) is 22.8 Å². The molecular formula is C15H13N3OS. The van der Waals surface area contributed by atoms with Gasteiger partial charge >= 0.3 is 0 Å². The molecule has 4 nitrogen and oxygen atoms in total. The van der Waals surface area contributed by atoms with Crippen LogP contribution in [0.15, 0.2) is 36.0 Å². The van der Waals surface area contributed by atoms with Gasteiger partial charge in [-0.25, -0.2) is 0 Å². The first-order chi connectivity index (χ1) is 9.63. The number of pyridine rings is 1. The number of aryl methyl sites for hydroxylation is 1. The van der Waals surface area contributed by atoms with Crippen molar-refractivity contribution in [2.24, 2.45) is 5.73 Å². The SMILES string of the molecule is Cc1sc2c(c1C)[C@H](c1cccnc1)C(C#N)=C(N)O2. The molecule has 0 bridgehead atoms. The monoisotopic (exact) mass is 283 g/mol. The standard InChI is InChI=1S/C15H13N3OS/c1-8-9(2)20-15-12(8)13(10-4-3-5-18-7-10)11(6-16)14(17)19-15/h3-5,7,13H,17H2,1-2H3/t13-/m1/s1. The van der Waals surface area contributed by atoms with Crippen LogP contribution in [0.2, 0.25) is 0 Å². The van der Waals surface area contributed by atoms with Crippen LogP contribution in [0, 0.1) is 25.2 Å². The van der Waals surface area contributed by atoms with E-state index >= 15 is 0 Å². The lowest BCUT2D eigenvalue weighted by Crippen LogP contribution is -2.20. The second-order valence-electron chi connectivity index (χ2n) is 4.70. The molecule has 2 aromatic rings. The summed E-state index contributed by atoms with van der Waals surface area (Å²) in [7, 11) is 0. The maximum absolute atomic E-state index is 9.43. The summed E-state index contributed by atoms with van der Waals surface area (Å²) in [5.74, 6) is -0.00231. The molecule has 1 aliphatic heterocycles. The van der Waals surface area contributed by atoms with E-state index in [1.807, 2.05) is 26.0 Å². The van der Waals surface area contributed by atoms with Crippen LogP contribution in [0.4, 0.5) is 0 Å². The van der Waals surface area contributed by atoms with Gasteiger partial charge in [0.15, 0.2) is 5.06 Å². The number of thiophene rings is 1. The number of aromatic nitrogens is 1. The summed E-state index contributed by atoms with van der Waals surface area (Å²) >= 11 is 1.57. The summed E-state index contributed by atoms with van der Waals surface area (Å²) in [6.45, 7) is 4.10. The Morgan fingerprint density at radius 3 is 2.90 bits per heavy atom. The minimum atomic E-state index is -0.192. The van der Waals surface area contributed by atoms with E-state index in [1.54, 1.807) is 23.7 Å². The van der Waals surface area contributed by atoms with Gasteiger partial charge in [0.05, 0.1) is 5.92 Å². The van der Waals surface area contributed by atoms with Gasteiger partial charge in [-0.2, -0.15) is 5.26 Å². The Hall–Kier alpha value is -2.32. The Balaban J connectivity index is 2.27. The summed E-state index contributed by atoms with van der Waals surface area (Å²) in [5.41, 5.74) is 9.50. The molecule has 0 saturated heterocycles. The minimum absolute atomic E-state index is 0.190. The smallest absolute Gasteiger partial charge is 0.206 e. The van der Waals surface area contributed by atoms with Crippen molar-refractivity contribution in [3.05, 3.63) is 57.6 Å². The minimum Gasteiger partial charge on any atom is -0.429 e. The summed E-state index contributed by atoms with van der Waals surface area (Å²) in [6, 6.07) is 6.01. The average molecular weight is 283 g/mol. The highest BCUT2D eigenvalue weighted by Crippen LogP contribution is 2.48. The van der Waals surface area contributed by atoms with Gasteiger partial charge in [0.1, 0.15) is 11.6 Å². The van der Waals surface area contributed by atoms with Crippen molar-refractivity contribution in [2.75, 3.05) is 0 Å². The molecule has 0 aliphatic carbocycles. The molecule has 0 unspecified atom stereocenters. The van der Waals surface area contributed by atoms with Crippen LogP contribution in [-0.4, -0.2) is 4.98 Å². The largest absolute Gasteiger partial charge is 0.429 e. The normalized spacial score (nSPS) is 17.4. The highest BCUT2D eigenvalue weighted by atomic mass is 32.1. The number of hydrogen-bond donors (Lipinski definition) is 1. The van der Waals surface area contributed by atoms with E-state index in [4.69, 9.17) is 10.5 Å². The molecule has 1 atom stereocenters. The van der Waals surface area contributed by atoms with Crippen molar-refractivity contribution in [3.8, 4) is 11.1 Å². The fraction of sp³-hybridized carbons (Fsp3) is 0.200. The van der Waals surface area contributed by atoms with E-state index < -0.39 is 0 Å². The van der Waals surface area contributed by atoms with Gasteiger partial charge in [-0.05, 0) is 31.0 Å². The van der Waals surface area contributed by atoms with Crippen LogP contribution in [0.1, 0.15) is 27.5 Å². The van der Waals surface area contributed by atoms with Gasteiger partial charge < -0.3 is 10.5 Å². The van der Waals surface area contributed by atoms with E-state index in [2.05, 4.69) is 11.1 Å². The van der Waals surface area contributed by atoms with Crippen molar-refractivity contribution in [3.63, 3.8) is 0 Å². The molecule has 2 aromatic heterocycles. The molecule has 0 radical (unpaired) electrons. The van der Waals surface area contributed by atoms with E-state index in [-0.39, 0.29) is 11.8 Å². The van der Waals surface area contributed by atoms with Crippen molar-refractivity contribution in [2.45, 2.75) is 19.8 Å². The van der Waals surface area contributed by atoms with Crippen LogP contribution >= 0.6 is 11.3 Å².